The van der Waals surface area contributed by atoms with Crippen LogP contribution in [0.1, 0.15) is 13.3 Å². The highest BCUT2D eigenvalue weighted by Gasteiger charge is 2.26. The fraction of sp³-hybridized carbons (Fsp3) is 0.875. The number of rotatable bonds is 2. The van der Waals surface area contributed by atoms with E-state index in [2.05, 4.69) is 6.92 Å². The molecule has 0 rings (SSSR count). The van der Waals surface area contributed by atoms with E-state index in [9.17, 15) is 4.79 Å². The van der Waals surface area contributed by atoms with Crippen molar-refractivity contribution in [3.8, 4) is 0 Å². The summed E-state index contributed by atoms with van der Waals surface area (Å²) < 4.78 is 0.448. The molecule has 0 aliphatic rings. The molecule has 66 valence electrons. The van der Waals surface area contributed by atoms with Crippen LogP contribution in [0.4, 0.5) is 4.79 Å². The second kappa shape index (κ2) is 3.72. The summed E-state index contributed by atoms with van der Waals surface area (Å²) in [6.45, 7) is 2.99. The van der Waals surface area contributed by atoms with Gasteiger partial charge in [-0.05, 0) is 6.42 Å². The van der Waals surface area contributed by atoms with Gasteiger partial charge in [-0.25, -0.2) is 9.28 Å². The van der Waals surface area contributed by atoms with E-state index in [1.807, 2.05) is 14.1 Å². The molecular formula is C8H19N2O+. The first kappa shape index (κ1) is 10.4. The lowest BCUT2D eigenvalue weighted by atomic mass is 10.4. The molecule has 11 heavy (non-hydrogen) atoms. The van der Waals surface area contributed by atoms with Gasteiger partial charge < -0.3 is 0 Å². The predicted octanol–water partition coefficient (Wildman–Crippen LogP) is 1.15. The van der Waals surface area contributed by atoms with Crippen LogP contribution in [-0.4, -0.2) is 50.1 Å². The highest BCUT2D eigenvalue weighted by molar-refractivity contribution is 5.66. The third-order valence-corrected chi connectivity index (χ3v) is 1.68. The minimum Gasteiger partial charge on any atom is -0.299 e. The molecule has 0 fully saturated rings. The van der Waals surface area contributed by atoms with Gasteiger partial charge in [0.1, 0.15) is 0 Å². The van der Waals surface area contributed by atoms with E-state index in [1.54, 1.807) is 19.0 Å². The molecule has 0 heterocycles. The Morgan fingerprint density at radius 2 is 1.82 bits per heavy atom. The van der Waals surface area contributed by atoms with Gasteiger partial charge in [0, 0.05) is 14.1 Å². The Morgan fingerprint density at radius 3 is 2.09 bits per heavy atom. The lowest BCUT2D eigenvalue weighted by Gasteiger charge is -2.28. The fourth-order valence-corrected chi connectivity index (χ4v) is 1.20. The lowest BCUT2D eigenvalue weighted by Crippen LogP contribution is -2.51. The molecule has 0 unspecified atom stereocenters. The molecule has 0 aliphatic heterocycles. The summed E-state index contributed by atoms with van der Waals surface area (Å²) in [4.78, 5) is 13.1. The maximum atomic E-state index is 11.5. The van der Waals surface area contributed by atoms with E-state index in [1.165, 1.54) is 0 Å². The van der Waals surface area contributed by atoms with Gasteiger partial charge in [-0.15, -0.1) is 0 Å². The van der Waals surface area contributed by atoms with Gasteiger partial charge in [0.2, 0.25) is 0 Å². The quantitative estimate of drug-likeness (QED) is 0.554. The molecule has 0 aromatic heterocycles. The van der Waals surface area contributed by atoms with Crippen molar-refractivity contribution in [2.24, 2.45) is 0 Å². The largest absolute Gasteiger partial charge is 0.418 e. The Morgan fingerprint density at radius 1 is 1.36 bits per heavy atom. The van der Waals surface area contributed by atoms with Gasteiger partial charge in [0.25, 0.3) is 0 Å². The Labute approximate surface area is 69.2 Å². The first-order valence-corrected chi connectivity index (χ1v) is 3.96. The van der Waals surface area contributed by atoms with Crippen molar-refractivity contribution in [2.45, 2.75) is 13.3 Å². The third kappa shape index (κ3) is 2.89. The molecular weight excluding hydrogens is 140 g/mol. The van der Waals surface area contributed by atoms with Crippen LogP contribution in [0, 0.1) is 0 Å². The first-order valence-electron chi connectivity index (χ1n) is 3.96. The molecule has 0 N–H and O–H groups in total. The van der Waals surface area contributed by atoms with E-state index in [0.29, 0.717) is 4.48 Å². The fourth-order valence-electron chi connectivity index (χ4n) is 1.20. The van der Waals surface area contributed by atoms with Crippen molar-refractivity contribution in [1.29, 1.82) is 0 Å². The van der Waals surface area contributed by atoms with Crippen LogP contribution in [0.15, 0.2) is 0 Å². The van der Waals surface area contributed by atoms with Gasteiger partial charge in [0.15, 0.2) is 0 Å². The highest BCUT2D eigenvalue weighted by Crippen LogP contribution is 2.03. The Hall–Kier alpha value is -0.570. The molecule has 0 radical (unpaired) electrons. The van der Waals surface area contributed by atoms with E-state index < -0.39 is 0 Å². The lowest BCUT2D eigenvalue weighted by molar-refractivity contribution is -0.812. The zero-order chi connectivity index (χ0) is 9.07. The molecule has 0 aromatic carbocycles. The van der Waals surface area contributed by atoms with Crippen LogP contribution < -0.4 is 0 Å². The normalized spacial score (nSPS) is 11.4. The van der Waals surface area contributed by atoms with Crippen molar-refractivity contribution < 1.29 is 9.28 Å². The maximum absolute atomic E-state index is 11.5. The standard InChI is InChI=1S/C8H19N2O/c1-6-7-10(4,5)8(11)9(2)3/h6-7H2,1-5H3/q+1. The molecule has 0 saturated carbocycles. The maximum Gasteiger partial charge on any atom is 0.418 e. The highest BCUT2D eigenvalue weighted by atomic mass is 16.2. The topological polar surface area (TPSA) is 20.3 Å². The Kier molecular flexibility index (Phi) is 3.52. The van der Waals surface area contributed by atoms with E-state index in [-0.39, 0.29) is 6.03 Å². The van der Waals surface area contributed by atoms with E-state index >= 15 is 0 Å². The van der Waals surface area contributed by atoms with Crippen LogP contribution in [0.2, 0.25) is 0 Å². The third-order valence-electron chi connectivity index (χ3n) is 1.68. The average Bonchev–Trinajstić information content (AvgIpc) is 1.86. The number of quaternary nitrogens is 1. The number of nitrogens with zero attached hydrogens (tertiary/aromatic N) is 2. The monoisotopic (exact) mass is 159 g/mol. The van der Waals surface area contributed by atoms with Crippen LogP contribution in [0.25, 0.3) is 0 Å². The molecule has 3 nitrogen and oxygen atoms in total. The number of hydrogen-bond donors (Lipinski definition) is 0. The molecule has 0 bridgehead atoms. The van der Waals surface area contributed by atoms with Gasteiger partial charge in [0.05, 0.1) is 20.6 Å². The molecule has 0 aromatic rings. The number of carbonyl (C=O) groups is 1. The predicted molar refractivity (Wildman–Crippen MR) is 46.3 cm³/mol. The van der Waals surface area contributed by atoms with Crippen LogP contribution in [0.5, 0.6) is 0 Å². The molecule has 0 spiro atoms. The molecule has 0 aliphatic carbocycles. The minimum absolute atomic E-state index is 0.159. The zero-order valence-electron chi connectivity index (χ0n) is 8.22. The summed E-state index contributed by atoms with van der Waals surface area (Å²) in [6, 6.07) is 0.159. The number of urea groups is 1. The van der Waals surface area contributed by atoms with E-state index in [4.69, 9.17) is 0 Å². The summed E-state index contributed by atoms with van der Waals surface area (Å²) in [7, 11) is 7.45. The summed E-state index contributed by atoms with van der Waals surface area (Å²) >= 11 is 0. The summed E-state index contributed by atoms with van der Waals surface area (Å²) in [6.07, 6.45) is 1.03. The van der Waals surface area contributed by atoms with Crippen molar-refractivity contribution in [2.75, 3.05) is 34.7 Å². The Balaban J connectivity index is 4.17. The average molecular weight is 159 g/mol. The first-order chi connectivity index (χ1) is 4.91. The van der Waals surface area contributed by atoms with Crippen LogP contribution >= 0.6 is 0 Å². The van der Waals surface area contributed by atoms with Gasteiger partial charge in [-0.1, -0.05) is 6.92 Å². The molecule has 0 saturated heterocycles. The second-order valence-electron chi connectivity index (χ2n) is 3.59. The summed E-state index contributed by atoms with van der Waals surface area (Å²) in [5.41, 5.74) is 0. The van der Waals surface area contributed by atoms with Crippen LogP contribution in [0.3, 0.4) is 0 Å². The summed E-state index contributed by atoms with van der Waals surface area (Å²) in [5.74, 6) is 0. The van der Waals surface area contributed by atoms with Crippen molar-refractivity contribution in [3.05, 3.63) is 0 Å². The van der Waals surface area contributed by atoms with Crippen molar-refractivity contribution in [1.82, 2.24) is 4.90 Å². The zero-order valence-corrected chi connectivity index (χ0v) is 8.22. The van der Waals surface area contributed by atoms with Crippen molar-refractivity contribution in [3.63, 3.8) is 0 Å². The molecule has 0 atom stereocenters. The number of amides is 2. The SMILES string of the molecule is CCC[N+](C)(C)C(=O)N(C)C. The number of carbonyl (C=O) groups excluding carboxylic acids is 1. The molecule has 3 heteroatoms. The molecule has 2 amide bonds. The smallest absolute Gasteiger partial charge is 0.299 e. The van der Waals surface area contributed by atoms with Gasteiger partial charge in [-0.3, -0.25) is 4.90 Å². The Bertz CT molecular complexity index is 141. The second-order valence-corrected chi connectivity index (χ2v) is 3.59. The minimum atomic E-state index is 0.159. The van der Waals surface area contributed by atoms with Crippen LogP contribution in [-0.2, 0) is 0 Å². The summed E-state index contributed by atoms with van der Waals surface area (Å²) in [5, 5.41) is 0. The van der Waals surface area contributed by atoms with Gasteiger partial charge >= 0.3 is 6.03 Å². The van der Waals surface area contributed by atoms with Crippen molar-refractivity contribution >= 4 is 6.03 Å². The number of hydrogen-bond acceptors (Lipinski definition) is 1. The van der Waals surface area contributed by atoms with E-state index in [0.717, 1.165) is 13.0 Å². The van der Waals surface area contributed by atoms with Gasteiger partial charge in [-0.2, -0.15) is 0 Å².